The highest BCUT2D eigenvalue weighted by Gasteiger charge is 2.08. The Bertz CT molecular complexity index is 639. The van der Waals surface area contributed by atoms with Crippen LogP contribution in [0.3, 0.4) is 0 Å². The quantitative estimate of drug-likeness (QED) is 0.796. The fourth-order valence-electron chi connectivity index (χ4n) is 1.85. The molecule has 0 aliphatic rings. The van der Waals surface area contributed by atoms with Crippen LogP contribution in [0.25, 0.3) is 0 Å². The molecule has 0 bridgehead atoms. The molecule has 6 heteroatoms. The molecule has 0 saturated heterocycles. The largest absolute Gasteiger partial charge is 0.355 e. The van der Waals surface area contributed by atoms with Gasteiger partial charge in [-0.3, -0.25) is 9.59 Å². The van der Waals surface area contributed by atoms with Gasteiger partial charge in [-0.2, -0.15) is 0 Å². The van der Waals surface area contributed by atoms with E-state index in [1.165, 1.54) is 0 Å². The first kappa shape index (κ1) is 16.3. The van der Waals surface area contributed by atoms with Gasteiger partial charge in [-0.25, -0.2) is 0 Å². The van der Waals surface area contributed by atoms with E-state index < -0.39 is 0 Å². The molecule has 0 aliphatic heterocycles. The molecule has 1 heterocycles. The van der Waals surface area contributed by atoms with Crippen molar-refractivity contribution >= 4 is 40.4 Å². The number of ketones is 1. The summed E-state index contributed by atoms with van der Waals surface area (Å²) in [5, 5.41) is 7.46. The van der Waals surface area contributed by atoms with Crippen molar-refractivity contribution < 1.29 is 9.59 Å². The van der Waals surface area contributed by atoms with Gasteiger partial charge in [-0.15, -0.1) is 11.3 Å². The van der Waals surface area contributed by atoms with Crippen molar-refractivity contribution in [2.75, 3.05) is 6.54 Å². The molecule has 2 N–H and O–H groups in total. The number of thiophene rings is 1. The number of rotatable bonds is 6. The van der Waals surface area contributed by atoms with Crippen molar-refractivity contribution in [3.05, 3.63) is 58.3 Å². The number of nitrogens with one attached hydrogen (secondary N) is 2. The van der Waals surface area contributed by atoms with Crippen LogP contribution in [0.15, 0.2) is 47.8 Å². The van der Waals surface area contributed by atoms with Gasteiger partial charge >= 0.3 is 0 Å². The van der Waals surface area contributed by atoms with E-state index in [-0.39, 0.29) is 29.8 Å². The van der Waals surface area contributed by atoms with Gasteiger partial charge in [0.2, 0.25) is 5.91 Å². The van der Waals surface area contributed by atoms with E-state index >= 15 is 0 Å². The van der Waals surface area contributed by atoms with Crippen LogP contribution < -0.4 is 10.6 Å². The van der Waals surface area contributed by atoms with Gasteiger partial charge in [0.15, 0.2) is 10.9 Å². The van der Waals surface area contributed by atoms with Crippen LogP contribution >= 0.6 is 23.6 Å². The Balaban J connectivity index is 1.69. The lowest BCUT2D eigenvalue weighted by Crippen LogP contribution is -2.42. The topological polar surface area (TPSA) is 58.2 Å². The van der Waals surface area contributed by atoms with Gasteiger partial charge in [-0.05, 0) is 29.2 Å². The van der Waals surface area contributed by atoms with Crippen LogP contribution in [0.5, 0.6) is 0 Å². The molecule has 2 aromatic rings. The third-order valence-corrected chi connectivity index (χ3v) is 3.98. The van der Waals surface area contributed by atoms with Crippen molar-refractivity contribution in [2.24, 2.45) is 0 Å². The summed E-state index contributed by atoms with van der Waals surface area (Å²) >= 11 is 6.57. The molecule has 1 aromatic heterocycles. The van der Waals surface area contributed by atoms with E-state index in [0.29, 0.717) is 6.42 Å². The number of hydrogen-bond acceptors (Lipinski definition) is 4. The highest BCUT2D eigenvalue weighted by atomic mass is 32.1. The summed E-state index contributed by atoms with van der Waals surface area (Å²) in [4.78, 5) is 24.6. The summed E-state index contributed by atoms with van der Waals surface area (Å²) in [5.74, 6) is -0.170. The third kappa shape index (κ3) is 5.75. The van der Waals surface area contributed by atoms with E-state index in [0.717, 1.165) is 10.4 Å². The number of hydrogen-bond donors (Lipinski definition) is 2. The Morgan fingerprint density at radius 3 is 2.50 bits per heavy atom. The van der Waals surface area contributed by atoms with Crippen LogP contribution in [-0.2, 0) is 22.4 Å². The normalized spacial score (nSPS) is 10.0. The highest BCUT2D eigenvalue weighted by Crippen LogP contribution is 2.08. The maximum atomic E-state index is 11.8. The van der Waals surface area contributed by atoms with Crippen LogP contribution in [0.4, 0.5) is 0 Å². The molecule has 22 heavy (non-hydrogen) atoms. The molecule has 1 amide bonds. The fraction of sp³-hybridized carbons (Fsp3) is 0.188. The van der Waals surface area contributed by atoms with Gasteiger partial charge in [0, 0.05) is 11.3 Å². The van der Waals surface area contributed by atoms with E-state index in [2.05, 4.69) is 10.6 Å². The van der Waals surface area contributed by atoms with Crippen LogP contribution in [0.1, 0.15) is 10.4 Å². The van der Waals surface area contributed by atoms with Crippen molar-refractivity contribution in [3.8, 4) is 0 Å². The van der Waals surface area contributed by atoms with Gasteiger partial charge in [0.25, 0.3) is 0 Å². The second kappa shape index (κ2) is 8.41. The smallest absolute Gasteiger partial charge is 0.230 e. The maximum Gasteiger partial charge on any atom is 0.230 e. The molecule has 1 aromatic carbocycles. The number of carbonyl (C=O) groups is 2. The average Bonchev–Trinajstić information content (AvgIpc) is 2.99. The number of Topliss-reactive ketones (excluding diaryl/α,β-unsaturated/α-hetero) is 1. The summed E-state index contributed by atoms with van der Waals surface area (Å²) < 4.78 is 0. The Kier molecular flexibility index (Phi) is 6.24. The Morgan fingerprint density at radius 1 is 1.05 bits per heavy atom. The molecular weight excluding hydrogens is 316 g/mol. The summed E-state index contributed by atoms with van der Waals surface area (Å²) in [7, 11) is 0. The molecular formula is C16H16N2O2S2. The lowest BCUT2D eigenvalue weighted by Gasteiger charge is -2.08. The molecule has 0 spiro atoms. The Hall–Kier alpha value is -2.05. The number of amides is 1. The Labute approximate surface area is 138 Å². The molecule has 2 rings (SSSR count). The first-order chi connectivity index (χ1) is 10.6. The van der Waals surface area contributed by atoms with Gasteiger partial charge in [0.1, 0.15) is 0 Å². The molecule has 0 radical (unpaired) electrons. The summed E-state index contributed by atoms with van der Waals surface area (Å²) in [5.41, 5.74) is 0.913. The lowest BCUT2D eigenvalue weighted by molar-refractivity contribution is -0.119. The fourth-order valence-corrected chi connectivity index (χ4v) is 2.76. The average molecular weight is 332 g/mol. The zero-order valence-electron chi connectivity index (χ0n) is 11.9. The summed E-state index contributed by atoms with van der Waals surface area (Å²) in [6.07, 6.45) is 0.636. The van der Waals surface area contributed by atoms with Crippen molar-refractivity contribution in [2.45, 2.75) is 12.8 Å². The molecule has 0 saturated carbocycles. The predicted molar refractivity (Wildman–Crippen MR) is 91.9 cm³/mol. The SMILES string of the molecule is O=C(CNC(=S)NC(=O)Cc1ccccc1)Cc1cccs1. The molecule has 0 unspecified atom stereocenters. The van der Waals surface area contributed by atoms with E-state index in [4.69, 9.17) is 12.2 Å². The predicted octanol–water partition coefficient (Wildman–Crippen LogP) is 2.09. The third-order valence-electron chi connectivity index (χ3n) is 2.86. The second-order valence-electron chi connectivity index (χ2n) is 4.69. The standard InChI is InChI=1S/C16H16N2O2S2/c19-13(10-14-7-4-8-22-14)11-17-16(21)18-15(20)9-12-5-2-1-3-6-12/h1-8H,9-11H2,(H2,17,18,20,21). The summed E-state index contributed by atoms with van der Waals surface area (Å²) in [6.45, 7) is 0.113. The molecule has 4 nitrogen and oxygen atoms in total. The lowest BCUT2D eigenvalue weighted by atomic mass is 10.1. The minimum Gasteiger partial charge on any atom is -0.355 e. The summed E-state index contributed by atoms with van der Waals surface area (Å²) in [6, 6.07) is 13.2. The second-order valence-corrected chi connectivity index (χ2v) is 6.13. The number of carbonyl (C=O) groups excluding carboxylic acids is 2. The maximum absolute atomic E-state index is 11.8. The van der Waals surface area contributed by atoms with E-state index in [1.807, 2.05) is 47.8 Å². The van der Waals surface area contributed by atoms with Gasteiger partial charge in [0.05, 0.1) is 13.0 Å². The van der Waals surface area contributed by atoms with E-state index in [1.54, 1.807) is 11.3 Å². The van der Waals surface area contributed by atoms with Crippen LogP contribution in [0.2, 0.25) is 0 Å². The molecule has 0 aliphatic carbocycles. The minimum absolute atomic E-state index is 0.0297. The van der Waals surface area contributed by atoms with Crippen molar-refractivity contribution in [1.29, 1.82) is 0 Å². The van der Waals surface area contributed by atoms with Gasteiger partial charge < -0.3 is 10.6 Å². The molecule has 0 fully saturated rings. The van der Waals surface area contributed by atoms with Gasteiger partial charge in [-0.1, -0.05) is 36.4 Å². The van der Waals surface area contributed by atoms with Crippen LogP contribution in [-0.4, -0.2) is 23.3 Å². The van der Waals surface area contributed by atoms with Crippen molar-refractivity contribution in [1.82, 2.24) is 10.6 Å². The first-order valence-corrected chi connectivity index (χ1v) is 8.08. The highest BCUT2D eigenvalue weighted by molar-refractivity contribution is 7.80. The minimum atomic E-state index is -0.200. The zero-order chi connectivity index (χ0) is 15.8. The molecule has 0 atom stereocenters. The van der Waals surface area contributed by atoms with Crippen molar-refractivity contribution in [3.63, 3.8) is 0 Å². The van der Waals surface area contributed by atoms with E-state index in [9.17, 15) is 9.59 Å². The van der Waals surface area contributed by atoms with Crippen LogP contribution in [0, 0.1) is 0 Å². The number of thiocarbonyl (C=S) groups is 1. The monoisotopic (exact) mass is 332 g/mol. The number of benzene rings is 1. The molecule has 114 valence electrons. The Morgan fingerprint density at radius 2 is 1.82 bits per heavy atom. The zero-order valence-corrected chi connectivity index (χ0v) is 13.5. The first-order valence-electron chi connectivity index (χ1n) is 6.79.